The lowest BCUT2D eigenvalue weighted by Gasteiger charge is -2.02. The van der Waals surface area contributed by atoms with Gasteiger partial charge in [0.1, 0.15) is 5.82 Å². The zero-order chi connectivity index (χ0) is 16.2. The predicted molar refractivity (Wildman–Crippen MR) is 85.3 cm³/mol. The Morgan fingerprint density at radius 1 is 1.30 bits per heavy atom. The Hall–Kier alpha value is -3.02. The van der Waals surface area contributed by atoms with Gasteiger partial charge < -0.3 is 5.32 Å². The van der Waals surface area contributed by atoms with Gasteiger partial charge in [0, 0.05) is 24.0 Å². The second kappa shape index (κ2) is 6.39. The topological polar surface area (TPSA) is 70.7 Å². The number of nitrogens with zero attached hydrogens (tertiary/aromatic N) is 2. The lowest BCUT2D eigenvalue weighted by Crippen LogP contribution is -2.14. The van der Waals surface area contributed by atoms with E-state index in [4.69, 9.17) is 0 Å². The molecule has 2 heterocycles. The second-order valence-corrected chi connectivity index (χ2v) is 5.24. The number of halogens is 1. The number of benzene rings is 1. The van der Waals surface area contributed by atoms with Crippen molar-refractivity contribution in [3.05, 3.63) is 65.7 Å². The van der Waals surface area contributed by atoms with Gasteiger partial charge in [-0.05, 0) is 30.7 Å². The summed E-state index contributed by atoms with van der Waals surface area (Å²) >= 11 is 0. The average molecular weight is 310 g/mol. The summed E-state index contributed by atoms with van der Waals surface area (Å²) < 4.78 is 13.9. The third-order valence-corrected chi connectivity index (χ3v) is 3.34. The summed E-state index contributed by atoms with van der Waals surface area (Å²) in [5.41, 5.74) is 2.69. The molecule has 1 amide bonds. The first-order valence-corrected chi connectivity index (χ1v) is 7.12. The van der Waals surface area contributed by atoms with E-state index >= 15 is 0 Å². The van der Waals surface area contributed by atoms with E-state index in [1.54, 1.807) is 36.7 Å². The Bertz CT molecular complexity index is 830. The third kappa shape index (κ3) is 3.60. The molecule has 2 N–H and O–H groups in total. The number of amides is 1. The third-order valence-electron chi connectivity index (χ3n) is 3.34. The summed E-state index contributed by atoms with van der Waals surface area (Å²) in [5, 5.41) is 9.43. The maximum absolute atomic E-state index is 13.9. The van der Waals surface area contributed by atoms with E-state index in [1.165, 1.54) is 6.07 Å². The van der Waals surface area contributed by atoms with Crippen molar-refractivity contribution in [1.82, 2.24) is 15.2 Å². The molecule has 0 atom stereocenters. The lowest BCUT2D eigenvalue weighted by molar-refractivity contribution is -0.115. The molecule has 6 heteroatoms. The van der Waals surface area contributed by atoms with Gasteiger partial charge in [0.25, 0.3) is 0 Å². The number of carbonyl (C=O) groups excluding carboxylic acids is 1. The van der Waals surface area contributed by atoms with Gasteiger partial charge in [-0.25, -0.2) is 4.39 Å². The molecule has 0 spiro atoms. The molecule has 2 aromatic heterocycles. The Balaban J connectivity index is 1.72. The van der Waals surface area contributed by atoms with Crippen molar-refractivity contribution in [2.45, 2.75) is 13.3 Å². The summed E-state index contributed by atoms with van der Waals surface area (Å²) in [6.07, 6.45) is 3.49. The van der Waals surface area contributed by atoms with Gasteiger partial charge in [0.2, 0.25) is 5.91 Å². The molecule has 0 fully saturated rings. The highest BCUT2D eigenvalue weighted by molar-refractivity contribution is 5.91. The molecule has 0 saturated carbocycles. The maximum atomic E-state index is 13.9. The molecule has 0 aliphatic carbocycles. The molecule has 5 nitrogen and oxygen atoms in total. The van der Waals surface area contributed by atoms with Crippen molar-refractivity contribution < 1.29 is 9.18 Å². The fraction of sp³-hybridized carbons (Fsp3) is 0.118. The van der Waals surface area contributed by atoms with E-state index in [1.807, 2.05) is 13.0 Å². The highest BCUT2D eigenvalue weighted by Gasteiger charge is 2.11. The smallest absolute Gasteiger partial charge is 0.230 e. The van der Waals surface area contributed by atoms with E-state index < -0.39 is 0 Å². The SMILES string of the molecule is Cc1ccc(F)c(-c2cc(NC(=O)Cc3cccnc3)n[nH]2)c1. The second-order valence-electron chi connectivity index (χ2n) is 5.24. The molecule has 1 aromatic carbocycles. The van der Waals surface area contributed by atoms with Crippen LogP contribution in [0, 0.1) is 12.7 Å². The first kappa shape index (κ1) is 14.9. The number of aryl methyl sites for hydroxylation is 1. The van der Waals surface area contributed by atoms with Gasteiger partial charge in [-0.1, -0.05) is 17.7 Å². The molecular weight excluding hydrogens is 295 g/mol. The van der Waals surface area contributed by atoms with Gasteiger partial charge >= 0.3 is 0 Å². The molecular formula is C17H15FN4O. The monoisotopic (exact) mass is 310 g/mol. The highest BCUT2D eigenvalue weighted by atomic mass is 19.1. The minimum absolute atomic E-state index is 0.203. The van der Waals surface area contributed by atoms with Gasteiger partial charge in [0.15, 0.2) is 5.82 Å². The van der Waals surface area contributed by atoms with E-state index in [0.717, 1.165) is 11.1 Å². The number of H-pyrrole nitrogens is 1. The van der Waals surface area contributed by atoms with Crippen molar-refractivity contribution in [2.75, 3.05) is 5.32 Å². The summed E-state index contributed by atoms with van der Waals surface area (Å²) in [6.45, 7) is 1.88. The number of aromatic amines is 1. The van der Waals surface area contributed by atoms with Gasteiger partial charge in [-0.2, -0.15) is 5.10 Å². The van der Waals surface area contributed by atoms with Crippen molar-refractivity contribution in [1.29, 1.82) is 0 Å². The van der Waals surface area contributed by atoms with Crippen LogP contribution in [0.1, 0.15) is 11.1 Å². The molecule has 3 aromatic rings. The molecule has 0 aliphatic rings. The van der Waals surface area contributed by atoms with Crippen LogP contribution < -0.4 is 5.32 Å². The Morgan fingerprint density at radius 3 is 2.96 bits per heavy atom. The van der Waals surface area contributed by atoms with Crippen molar-refractivity contribution in [3.8, 4) is 11.3 Å². The Kier molecular flexibility index (Phi) is 4.14. The van der Waals surface area contributed by atoms with Crippen LogP contribution in [0.2, 0.25) is 0 Å². The van der Waals surface area contributed by atoms with Crippen LogP contribution in [0.4, 0.5) is 10.2 Å². The first-order valence-electron chi connectivity index (χ1n) is 7.12. The standard InChI is InChI=1S/C17H15FN4O/c1-11-4-5-14(18)13(7-11)15-9-16(22-21-15)20-17(23)8-12-3-2-6-19-10-12/h2-7,9-10H,8H2,1H3,(H2,20,21,22,23). The summed E-state index contributed by atoms with van der Waals surface area (Å²) in [7, 11) is 0. The zero-order valence-corrected chi connectivity index (χ0v) is 12.5. The van der Waals surface area contributed by atoms with Crippen molar-refractivity contribution in [2.24, 2.45) is 0 Å². The van der Waals surface area contributed by atoms with Gasteiger partial charge in [0.05, 0.1) is 12.1 Å². The molecule has 0 unspecified atom stereocenters. The number of pyridine rings is 1. The summed E-state index contributed by atoms with van der Waals surface area (Å²) in [6, 6.07) is 10.0. The number of aromatic nitrogens is 3. The highest BCUT2D eigenvalue weighted by Crippen LogP contribution is 2.24. The van der Waals surface area contributed by atoms with Crippen LogP contribution in [-0.4, -0.2) is 21.1 Å². The normalized spacial score (nSPS) is 10.5. The van der Waals surface area contributed by atoms with Crippen LogP contribution in [0.5, 0.6) is 0 Å². The number of nitrogens with one attached hydrogen (secondary N) is 2. The molecule has 23 heavy (non-hydrogen) atoms. The maximum Gasteiger partial charge on any atom is 0.230 e. The number of hydrogen-bond acceptors (Lipinski definition) is 3. The van der Waals surface area contributed by atoms with Crippen molar-refractivity contribution >= 4 is 11.7 Å². The van der Waals surface area contributed by atoms with E-state index in [0.29, 0.717) is 17.1 Å². The molecule has 3 rings (SSSR count). The molecule has 0 bridgehead atoms. The van der Waals surface area contributed by atoms with Crippen LogP contribution in [0.15, 0.2) is 48.8 Å². The van der Waals surface area contributed by atoms with Crippen LogP contribution >= 0.6 is 0 Å². The number of carbonyl (C=O) groups is 1. The van der Waals surface area contributed by atoms with E-state index in [9.17, 15) is 9.18 Å². The largest absolute Gasteiger partial charge is 0.309 e. The predicted octanol–water partition coefficient (Wildman–Crippen LogP) is 3.10. The fourth-order valence-electron chi connectivity index (χ4n) is 2.24. The summed E-state index contributed by atoms with van der Waals surface area (Å²) in [5.74, 6) is -0.192. The van der Waals surface area contributed by atoms with Gasteiger partial charge in [-0.15, -0.1) is 0 Å². The quantitative estimate of drug-likeness (QED) is 0.778. The Morgan fingerprint density at radius 2 is 2.17 bits per heavy atom. The van der Waals surface area contributed by atoms with E-state index in [2.05, 4.69) is 20.5 Å². The average Bonchev–Trinajstić information content (AvgIpc) is 2.98. The Labute approximate surface area is 132 Å². The van der Waals surface area contributed by atoms with E-state index in [-0.39, 0.29) is 18.1 Å². The lowest BCUT2D eigenvalue weighted by atomic mass is 10.1. The number of rotatable bonds is 4. The number of hydrogen-bond donors (Lipinski definition) is 2. The summed E-state index contributed by atoms with van der Waals surface area (Å²) in [4.78, 5) is 15.9. The zero-order valence-electron chi connectivity index (χ0n) is 12.5. The minimum Gasteiger partial charge on any atom is -0.309 e. The number of anilines is 1. The van der Waals surface area contributed by atoms with Crippen LogP contribution in [0.25, 0.3) is 11.3 Å². The molecule has 116 valence electrons. The fourth-order valence-corrected chi connectivity index (χ4v) is 2.24. The molecule has 0 aliphatic heterocycles. The molecule has 0 radical (unpaired) electrons. The first-order chi connectivity index (χ1) is 11.1. The minimum atomic E-state index is -0.340. The van der Waals surface area contributed by atoms with Gasteiger partial charge in [-0.3, -0.25) is 14.9 Å². The molecule has 0 saturated heterocycles. The van der Waals surface area contributed by atoms with Crippen molar-refractivity contribution in [3.63, 3.8) is 0 Å². The van der Waals surface area contributed by atoms with Crippen LogP contribution in [0.3, 0.4) is 0 Å². The van der Waals surface area contributed by atoms with Crippen LogP contribution in [-0.2, 0) is 11.2 Å².